The van der Waals surface area contributed by atoms with Gasteiger partial charge < -0.3 is 20.3 Å². The Morgan fingerprint density at radius 3 is 2.79 bits per heavy atom. The van der Waals surface area contributed by atoms with Gasteiger partial charge in [-0.15, -0.1) is 24.0 Å². The molecular formula is C24H33IN6O2. The molecule has 2 saturated heterocycles. The second-order valence-electron chi connectivity index (χ2n) is 8.07. The van der Waals surface area contributed by atoms with Crippen molar-refractivity contribution >= 4 is 35.8 Å². The van der Waals surface area contributed by atoms with Gasteiger partial charge in [0.05, 0.1) is 30.9 Å². The summed E-state index contributed by atoms with van der Waals surface area (Å²) in [6.45, 7) is 8.19. The molecule has 0 bridgehead atoms. The normalized spacial score (nSPS) is 20.6. The summed E-state index contributed by atoms with van der Waals surface area (Å²) < 4.78 is 6.11. The number of benzene rings is 1. The lowest BCUT2D eigenvalue weighted by molar-refractivity contribution is -0.0502. The topological polar surface area (TPSA) is 82.1 Å². The van der Waals surface area contributed by atoms with Gasteiger partial charge in [-0.25, -0.2) is 0 Å². The summed E-state index contributed by atoms with van der Waals surface area (Å²) >= 11 is 0. The molecule has 178 valence electrons. The van der Waals surface area contributed by atoms with E-state index in [1.54, 1.807) is 24.5 Å². The summed E-state index contributed by atoms with van der Waals surface area (Å²) in [4.78, 5) is 25.7. The van der Waals surface area contributed by atoms with Crippen molar-refractivity contribution in [2.24, 2.45) is 4.99 Å². The van der Waals surface area contributed by atoms with Crippen LogP contribution in [0.4, 0.5) is 0 Å². The highest BCUT2D eigenvalue weighted by Crippen LogP contribution is 2.24. The fraction of sp³-hybridized carbons (Fsp3) is 0.458. The number of hydrogen-bond acceptors (Lipinski definition) is 5. The second-order valence-corrected chi connectivity index (χ2v) is 8.07. The number of guanidine groups is 1. The number of amides is 1. The van der Waals surface area contributed by atoms with E-state index in [0.717, 1.165) is 45.3 Å². The summed E-state index contributed by atoms with van der Waals surface area (Å²) in [7, 11) is 0. The number of fused-ring (bicyclic) bond motifs is 1. The Morgan fingerprint density at radius 2 is 2.03 bits per heavy atom. The van der Waals surface area contributed by atoms with Crippen molar-refractivity contribution in [1.29, 1.82) is 0 Å². The van der Waals surface area contributed by atoms with Gasteiger partial charge in [-0.2, -0.15) is 0 Å². The average molecular weight is 564 g/mol. The quantitative estimate of drug-likeness (QED) is 0.232. The zero-order valence-electron chi connectivity index (χ0n) is 19.0. The van der Waals surface area contributed by atoms with Crippen molar-refractivity contribution in [3.63, 3.8) is 0 Å². The van der Waals surface area contributed by atoms with E-state index in [2.05, 4.69) is 62.7 Å². The van der Waals surface area contributed by atoms with E-state index in [9.17, 15) is 4.79 Å². The third-order valence-corrected chi connectivity index (χ3v) is 5.86. The molecule has 1 aromatic heterocycles. The first-order valence-corrected chi connectivity index (χ1v) is 11.4. The third kappa shape index (κ3) is 6.87. The van der Waals surface area contributed by atoms with Crippen LogP contribution in [0, 0.1) is 0 Å². The predicted octanol–water partition coefficient (Wildman–Crippen LogP) is 1.98. The van der Waals surface area contributed by atoms with E-state index < -0.39 is 0 Å². The van der Waals surface area contributed by atoms with Crippen molar-refractivity contribution in [3.05, 3.63) is 66.0 Å². The molecule has 2 atom stereocenters. The molecule has 2 aliphatic heterocycles. The Bertz CT molecular complexity index is 898. The Labute approximate surface area is 212 Å². The summed E-state index contributed by atoms with van der Waals surface area (Å²) in [5.41, 5.74) is 1.89. The van der Waals surface area contributed by atoms with Gasteiger partial charge in [0.1, 0.15) is 0 Å². The number of aromatic nitrogens is 1. The van der Waals surface area contributed by atoms with Gasteiger partial charge in [-0.3, -0.25) is 19.7 Å². The van der Waals surface area contributed by atoms with Gasteiger partial charge in [-0.1, -0.05) is 30.3 Å². The number of rotatable bonds is 7. The molecule has 1 aromatic carbocycles. The first kappa shape index (κ1) is 25.4. The molecule has 8 nitrogen and oxygen atoms in total. The van der Waals surface area contributed by atoms with E-state index in [1.807, 2.05) is 0 Å². The fourth-order valence-corrected chi connectivity index (χ4v) is 4.30. The number of nitrogens with one attached hydrogen (secondary N) is 2. The monoisotopic (exact) mass is 564 g/mol. The number of carbonyl (C=O) groups is 1. The minimum absolute atomic E-state index is 0. The van der Waals surface area contributed by atoms with Crippen LogP contribution in [0.5, 0.6) is 0 Å². The molecule has 1 amide bonds. The molecule has 2 aromatic rings. The van der Waals surface area contributed by atoms with Crippen LogP contribution in [0.2, 0.25) is 0 Å². The molecule has 4 rings (SSSR count). The highest BCUT2D eigenvalue weighted by Gasteiger charge is 2.41. The van der Waals surface area contributed by atoms with Crippen molar-refractivity contribution in [2.75, 3.05) is 45.9 Å². The Morgan fingerprint density at radius 1 is 1.18 bits per heavy atom. The van der Waals surface area contributed by atoms with Crippen molar-refractivity contribution in [2.45, 2.75) is 25.6 Å². The van der Waals surface area contributed by atoms with Crippen LogP contribution in [0.1, 0.15) is 22.8 Å². The maximum absolute atomic E-state index is 12.2. The van der Waals surface area contributed by atoms with Crippen molar-refractivity contribution in [3.8, 4) is 0 Å². The third-order valence-electron chi connectivity index (χ3n) is 5.86. The van der Waals surface area contributed by atoms with Gasteiger partial charge >= 0.3 is 0 Å². The van der Waals surface area contributed by atoms with Crippen LogP contribution < -0.4 is 10.6 Å². The number of hydrogen-bond donors (Lipinski definition) is 2. The molecule has 0 radical (unpaired) electrons. The molecule has 9 heteroatoms. The van der Waals surface area contributed by atoms with Gasteiger partial charge in [0, 0.05) is 51.7 Å². The number of morpholine rings is 1. The van der Waals surface area contributed by atoms with Crippen LogP contribution in [-0.4, -0.2) is 84.7 Å². The molecule has 0 saturated carbocycles. The van der Waals surface area contributed by atoms with Gasteiger partial charge in [0.15, 0.2) is 5.96 Å². The molecular weight excluding hydrogens is 531 g/mol. The molecule has 2 fully saturated rings. The number of ether oxygens (including phenoxy) is 1. The summed E-state index contributed by atoms with van der Waals surface area (Å²) in [6, 6.07) is 14.5. The molecule has 33 heavy (non-hydrogen) atoms. The van der Waals surface area contributed by atoms with Gasteiger partial charge in [0.25, 0.3) is 5.91 Å². The SMILES string of the molecule is CCNC(=NCCNC(=O)c1cccnc1)N1CC2OCCN(Cc3ccccc3)C2C1.I. The minimum Gasteiger partial charge on any atom is -0.373 e. The Balaban J connectivity index is 0.00000306. The maximum Gasteiger partial charge on any atom is 0.252 e. The Kier molecular flexibility index (Phi) is 9.89. The molecule has 2 N–H and O–H groups in total. The van der Waals surface area contributed by atoms with Crippen LogP contribution >= 0.6 is 24.0 Å². The summed E-state index contributed by atoms with van der Waals surface area (Å²) in [5, 5.41) is 6.30. The smallest absolute Gasteiger partial charge is 0.252 e. The first-order chi connectivity index (χ1) is 15.7. The second kappa shape index (κ2) is 12.9. The molecule has 3 heterocycles. The summed E-state index contributed by atoms with van der Waals surface area (Å²) in [6.07, 6.45) is 3.40. The highest BCUT2D eigenvalue weighted by molar-refractivity contribution is 14.0. The summed E-state index contributed by atoms with van der Waals surface area (Å²) in [5.74, 6) is 0.747. The number of pyridine rings is 1. The molecule has 2 aliphatic rings. The standard InChI is InChI=1S/C24H32N6O2.HI/c1-2-26-24(28-12-11-27-23(31)20-9-6-10-25-15-20)30-17-21-22(18-30)32-14-13-29(21)16-19-7-4-3-5-8-19;/h3-10,15,21-22H,2,11-14,16-18H2,1H3,(H,26,28)(H,27,31);1H. The van der Waals surface area contributed by atoms with Crippen LogP contribution in [0.3, 0.4) is 0 Å². The zero-order chi connectivity index (χ0) is 22.2. The zero-order valence-corrected chi connectivity index (χ0v) is 21.4. The van der Waals surface area contributed by atoms with E-state index in [4.69, 9.17) is 9.73 Å². The fourth-order valence-electron chi connectivity index (χ4n) is 4.30. The first-order valence-electron chi connectivity index (χ1n) is 11.4. The lowest BCUT2D eigenvalue weighted by atomic mass is 10.1. The predicted molar refractivity (Wildman–Crippen MR) is 140 cm³/mol. The molecule has 0 aliphatic carbocycles. The molecule has 2 unspecified atom stereocenters. The van der Waals surface area contributed by atoms with Crippen molar-refractivity contribution in [1.82, 2.24) is 25.4 Å². The van der Waals surface area contributed by atoms with Crippen LogP contribution in [0.25, 0.3) is 0 Å². The highest BCUT2D eigenvalue weighted by atomic mass is 127. The lowest BCUT2D eigenvalue weighted by Gasteiger charge is -2.36. The number of carbonyl (C=O) groups excluding carboxylic acids is 1. The van der Waals surface area contributed by atoms with Gasteiger partial charge in [-0.05, 0) is 24.6 Å². The number of halogens is 1. The molecule has 0 spiro atoms. The van der Waals surface area contributed by atoms with Crippen LogP contribution in [0.15, 0.2) is 59.9 Å². The lowest BCUT2D eigenvalue weighted by Crippen LogP contribution is -2.50. The minimum atomic E-state index is -0.129. The Hall–Kier alpha value is -2.24. The number of nitrogens with zero attached hydrogens (tertiary/aromatic N) is 4. The van der Waals surface area contributed by atoms with E-state index in [1.165, 1.54) is 5.56 Å². The van der Waals surface area contributed by atoms with E-state index in [-0.39, 0.29) is 36.0 Å². The van der Waals surface area contributed by atoms with Crippen LogP contribution in [-0.2, 0) is 11.3 Å². The van der Waals surface area contributed by atoms with Gasteiger partial charge in [0.2, 0.25) is 0 Å². The average Bonchev–Trinajstić information content (AvgIpc) is 3.27. The van der Waals surface area contributed by atoms with E-state index in [0.29, 0.717) is 24.7 Å². The maximum atomic E-state index is 12.2. The van der Waals surface area contributed by atoms with Crippen molar-refractivity contribution < 1.29 is 9.53 Å². The largest absolute Gasteiger partial charge is 0.373 e. The number of likely N-dealkylation sites (tertiary alicyclic amines) is 1. The van der Waals surface area contributed by atoms with E-state index >= 15 is 0 Å². The number of aliphatic imine (C=N–C) groups is 1.